The summed E-state index contributed by atoms with van der Waals surface area (Å²) in [6.07, 6.45) is 0.747. The van der Waals surface area contributed by atoms with E-state index in [9.17, 15) is 0 Å². The molecule has 0 aromatic carbocycles. The van der Waals surface area contributed by atoms with Gasteiger partial charge < -0.3 is 15.9 Å². The SMILES string of the molecule is CC(O)(O)NCCCN. The van der Waals surface area contributed by atoms with Gasteiger partial charge in [0, 0.05) is 13.5 Å². The maximum atomic E-state index is 8.65. The van der Waals surface area contributed by atoms with Crippen LogP contribution in [-0.2, 0) is 0 Å². The smallest absolute Gasteiger partial charge is 0.219 e. The summed E-state index contributed by atoms with van der Waals surface area (Å²) in [5.74, 6) is -1.75. The van der Waals surface area contributed by atoms with E-state index in [1.165, 1.54) is 6.92 Å². The summed E-state index contributed by atoms with van der Waals surface area (Å²) < 4.78 is 0. The standard InChI is InChI=1S/C5H14N2O2/c1-5(8,9)7-4-2-3-6/h7-9H,2-4,6H2,1H3. The molecule has 0 spiro atoms. The molecule has 0 aliphatic heterocycles. The quantitative estimate of drug-likeness (QED) is 0.281. The van der Waals surface area contributed by atoms with Crippen molar-refractivity contribution in [2.24, 2.45) is 5.73 Å². The second-order valence-electron chi connectivity index (χ2n) is 2.09. The fraction of sp³-hybridized carbons (Fsp3) is 1.00. The number of hydrogen-bond donors (Lipinski definition) is 4. The molecule has 4 heteroatoms. The Labute approximate surface area is 54.7 Å². The van der Waals surface area contributed by atoms with Crippen molar-refractivity contribution in [3.63, 3.8) is 0 Å². The van der Waals surface area contributed by atoms with Crippen molar-refractivity contribution in [3.8, 4) is 0 Å². The highest BCUT2D eigenvalue weighted by molar-refractivity contribution is 4.53. The molecule has 0 heterocycles. The molecule has 0 unspecified atom stereocenters. The van der Waals surface area contributed by atoms with Crippen LogP contribution in [0.2, 0.25) is 0 Å². The minimum Gasteiger partial charge on any atom is -0.354 e. The predicted molar refractivity (Wildman–Crippen MR) is 34.5 cm³/mol. The molecule has 0 amide bonds. The predicted octanol–water partition coefficient (Wildman–Crippen LogP) is -1.42. The number of aliphatic hydroxyl groups is 2. The summed E-state index contributed by atoms with van der Waals surface area (Å²) in [6, 6.07) is 0. The summed E-state index contributed by atoms with van der Waals surface area (Å²) >= 11 is 0. The van der Waals surface area contributed by atoms with Gasteiger partial charge in [-0.15, -0.1) is 0 Å². The van der Waals surface area contributed by atoms with E-state index >= 15 is 0 Å². The van der Waals surface area contributed by atoms with E-state index in [-0.39, 0.29) is 0 Å². The lowest BCUT2D eigenvalue weighted by molar-refractivity contribution is -0.169. The molecule has 0 aromatic rings. The Hall–Kier alpha value is -0.160. The first kappa shape index (κ1) is 8.84. The van der Waals surface area contributed by atoms with Crippen molar-refractivity contribution in [2.75, 3.05) is 13.1 Å². The van der Waals surface area contributed by atoms with Crippen LogP contribution in [0.25, 0.3) is 0 Å². The zero-order valence-electron chi connectivity index (χ0n) is 5.59. The molecule has 0 aromatic heterocycles. The summed E-state index contributed by atoms with van der Waals surface area (Å²) in [7, 11) is 0. The Balaban J connectivity index is 3.07. The third-order valence-electron chi connectivity index (χ3n) is 0.841. The van der Waals surface area contributed by atoms with Gasteiger partial charge in [-0.1, -0.05) is 0 Å². The van der Waals surface area contributed by atoms with Gasteiger partial charge >= 0.3 is 0 Å². The number of nitrogens with one attached hydrogen (secondary N) is 1. The van der Waals surface area contributed by atoms with Crippen LogP contribution >= 0.6 is 0 Å². The second kappa shape index (κ2) is 3.79. The zero-order valence-corrected chi connectivity index (χ0v) is 5.59. The first-order valence-corrected chi connectivity index (χ1v) is 2.96. The Morgan fingerprint density at radius 2 is 2.11 bits per heavy atom. The van der Waals surface area contributed by atoms with Crippen LogP contribution in [0.1, 0.15) is 13.3 Å². The van der Waals surface area contributed by atoms with E-state index in [4.69, 9.17) is 15.9 Å². The Morgan fingerprint density at radius 3 is 2.44 bits per heavy atom. The Kier molecular flexibility index (Phi) is 3.72. The Bertz CT molecular complexity index is 69.8. The number of nitrogens with two attached hydrogens (primary N) is 1. The van der Waals surface area contributed by atoms with Gasteiger partial charge in [-0.25, -0.2) is 0 Å². The molecule has 0 rings (SSSR count). The zero-order chi connectivity index (χ0) is 7.33. The molecule has 0 saturated carbocycles. The first-order valence-electron chi connectivity index (χ1n) is 2.96. The maximum absolute atomic E-state index is 8.65. The summed E-state index contributed by atoms with van der Waals surface area (Å²) in [4.78, 5) is 0. The highest BCUT2D eigenvalue weighted by atomic mass is 16.5. The van der Waals surface area contributed by atoms with Crippen molar-refractivity contribution >= 4 is 0 Å². The van der Waals surface area contributed by atoms with Crippen molar-refractivity contribution in [3.05, 3.63) is 0 Å². The van der Waals surface area contributed by atoms with Gasteiger partial charge in [0.15, 0.2) is 0 Å². The normalized spacial score (nSPS) is 12.0. The van der Waals surface area contributed by atoms with E-state index in [0.29, 0.717) is 13.1 Å². The van der Waals surface area contributed by atoms with Crippen molar-refractivity contribution in [2.45, 2.75) is 19.3 Å². The minimum atomic E-state index is -1.75. The fourth-order valence-corrected chi connectivity index (χ4v) is 0.427. The van der Waals surface area contributed by atoms with Crippen LogP contribution in [0.3, 0.4) is 0 Å². The van der Waals surface area contributed by atoms with Gasteiger partial charge in [-0.3, -0.25) is 5.32 Å². The Morgan fingerprint density at radius 1 is 1.56 bits per heavy atom. The second-order valence-corrected chi connectivity index (χ2v) is 2.09. The van der Waals surface area contributed by atoms with Gasteiger partial charge in [0.2, 0.25) is 5.91 Å². The molecular formula is C5H14N2O2. The molecule has 0 fully saturated rings. The van der Waals surface area contributed by atoms with Crippen molar-refractivity contribution in [1.29, 1.82) is 0 Å². The molecule has 4 nitrogen and oxygen atoms in total. The largest absolute Gasteiger partial charge is 0.354 e. The third-order valence-corrected chi connectivity index (χ3v) is 0.841. The topological polar surface area (TPSA) is 78.5 Å². The average Bonchev–Trinajstić information content (AvgIpc) is 1.63. The van der Waals surface area contributed by atoms with Crippen LogP contribution in [0.15, 0.2) is 0 Å². The lowest BCUT2D eigenvalue weighted by atomic mass is 10.4. The molecule has 0 saturated heterocycles. The van der Waals surface area contributed by atoms with E-state index in [1.807, 2.05) is 0 Å². The molecule has 0 aliphatic carbocycles. The molecule has 56 valence electrons. The molecule has 0 aliphatic rings. The molecule has 5 N–H and O–H groups in total. The first-order chi connectivity index (χ1) is 4.06. The van der Waals surface area contributed by atoms with E-state index in [2.05, 4.69) is 5.32 Å². The van der Waals surface area contributed by atoms with Gasteiger partial charge in [-0.2, -0.15) is 0 Å². The van der Waals surface area contributed by atoms with Gasteiger partial charge in [0.05, 0.1) is 0 Å². The van der Waals surface area contributed by atoms with Crippen LogP contribution < -0.4 is 11.1 Å². The highest BCUT2D eigenvalue weighted by Gasteiger charge is 2.11. The average molecular weight is 134 g/mol. The summed E-state index contributed by atoms with van der Waals surface area (Å²) in [6.45, 7) is 2.35. The van der Waals surface area contributed by atoms with E-state index in [0.717, 1.165) is 6.42 Å². The molecule has 0 bridgehead atoms. The van der Waals surface area contributed by atoms with Crippen LogP contribution in [-0.4, -0.2) is 29.2 Å². The van der Waals surface area contributed by atoms with Crippen molar-refractivity contribution in [1.82, 2.24) is 5.32 Å². The summed E-state index contributed by atoms with van der Waals surface area (Å²) in [5.41, 5.74) is 5.15. The highest BCUT2D eigenvalue weighted by Crippen LogP contribution is 1.88. The van der Waals surface area contributed by atoms with Crippen LogP contribution in [0, 0.1) is 0 Å². The summed E-state index contributed by atoms with van der Waals surface area (Å²) in [5, 5.41) is 19.7. The molecule has 9 heavy (non-hydrogen) atoms. The molecule has 0 radical (unpaired) electrons. The third kappa shape index (κ3) is 7.84. The van der Waals surface area contributed by atoms with E-state index < -0.39 is 5.91 Å². The van der Waals surface area contributed by atoms with Gasteiger partial charge in [0.25, 0.3) is 0 Å². The minimum absolute atomic E-state index is 0.528. The van der Waals surface area contributed by atoms with Crippen LogP contribution in [0.5, 0.6) is 0 Å². The van der Waals surface area contributed by atoms with Crippen LogP contribution in [0.4, 0.5) is 0 Å². The fourth-order valence-electron chi connectivity index (χ4n) is 0.427. The number of rotatable bonds is 4. The van der Waals surface area contributed by atoms with E-state index in [1.54, 1.807) is 0 Å². The lowest BCUT2D eigenvalue weighted by Crippen LogP contribution is -2.42. The molecular weight excluding hydrogens is 120 g/mol. The van der Waals surface area contributed by atoms with Gasteiger partial charge in [0.1, 0.15) is 0 Å². The maximum Gasteiger partial charge on any atom is 0.219 e. The monoisotopic (exact) mass is 134 g/mol. The van der Waals surface area contributed by atoms with Gasteiger partial charge in [-0.05, 0) is 13.0 Å². The molecule has 0 atom stereocenters. The van der Waals surface area contributed by atoms with Crippen molar-refractivity contribution < 1.29 is 10.2 Å². The lowest BCUT2D eigenvalue weighted by Gasteiger charge is -2.16. The number of hydrogen-bond acceptors (Lipinski definition) is 4.